The average molecular weight is 306 g/mol. The summed E-state index contributed by atoms with van der Waals surface area (Å²) >= 11 is 5.98. The number of benzene rings is 2. The number of nitrogens with one attached hydrogen (secondary N) is 1. The predicted molar refractivity (Wildman–Crippen MR) is 81.7 cm³/mol. The number of nitro groups is 1. The molecule has 2 aromatic carbocycles. The van der Waals surface area contributed by atoms with Gasteiger partial charge in [-0.05, 0) is 36.8 Å². The molecule has 0 aliphatic heterocycles. The Balaban J connectivity index is 2.27. The number of amides is 1. The molecule has 0 heterocycles. The number of anilines is 2. The molecule has 0 bridgehead atoms. The molecule has 0 spiro atoms. The summed E-state index contributed by atoms with van der Waals surface area (Å²) in [5.74, 6) is -0.415. The van der Waals surface area contributed by atoms with Crippen molar-refractivity contribution >= 4 is 34.6 Å². The molecule has 0 saturated heterocycles. The third kappa shape index (κ3) is 3.11. The fourth-order valence-corrected chi connectivity index (χ4v) is 1.97. The Hall–Kier alpha value is -2.60. The van der Waals surface area contributed by atoms with Gasteiger partial charge < -0.3 is 11.1 Å². The van der Waals surface area contributed by atoms with Gasteiger partial charge in [0.2, 0.25) is 0 Å². The predicted octanol–water partition coefficient (Wildman–Crippen LogP) is 3.39. The Kier molecular flexibility index (Phi) is 4.09. The van der Waals surface area contributed by atoms with Gasteiger partial charge in [-0.25, -0.2) is 0 Å². The molecule has 21 heavy (non-hydrogen) atoms. The van der Waals surface area contributed by atoms with E-state index in [2.05, 4.69) is 5.32 Å². The number of nitrogens with zero attached hydrogens (tertiary/aromatic N) is 1. The summed E-state index contributed by atoms with van der Waals surface area (Å²) in [6.07, 6.45) is 0. The van der Waals surface area contributed by atoms with Gasteiger partial charge in [-0.15, -0.1) is 0 Å². The topological polar surface area (TPSA) is 98.3 Å². The number of hydrogen-bond donors (Lipinski definition) is 2. The van der Waals surface area contributed by atoms with Gasteiger partial charge in [0.05, 0.1) is 4.92 Å². The largest absolute Gasteiger partial charge is 0.393 e. The van der Waals surface area contributed by atoms with E-state index in [1.807, 2.05) is 0 Å². The second-order valence-corrected chi connectivity index (χ2v) is 4.80. The lowest BCUT2D eigenvalue weighted by molar-refractivity contribution is -0.383. The molecule has 7 heteroatoms. The maximum absolute atomic E-state index is 12.1. The third-order valence-corrected chi connectivity index (χ3v) is 3.41. The second kappa shape index (κ2) is 5.80. The minimum absolute atomic E-state index is 0.0598. The first-order valence-corrected chi connectivity index (χ1v) is 6.38. The molecule has 0 aliphatic carbocycles. The third-order valence-electron chi connectivity index (χ3n) is 3.00. The van der Waals surface area contributed by atoms with Gasteiger partial charge in [0.1, 0.15) is 5.69 Å². The molecule has 0 saturated carbocycles. The van der Waals surface area contributed by atoms with Gasteiger partial charge in [-0.1, -0.05) is 17.7 Å². The molecule has 0 unspecified atom stereocenters. The molecule has 0 fully saturated rings. The lowest BCUT2D eigenvalue weighted by Crippen LogP contribution is -2.13. The molecular weight excluding hydrogens is 294 g/mol. The zero-order chi connectivity index (χ0) is 15.6. The Morgan fingerprint density at radius 1 is 1.33 bits per heavy atom. The molecule has 108 valence electrons. The van der Waals surface area contributed by atoms with Crippen LogP contribution in [0.3, 0.4) is 0 Å². The quantitative estimate of drug-likeness (QED) is 0.516. The van der Waals surface area contributed by atoms with Gasteiger partial charge in [0.25, 0.3) is 11.6 Å². The van der Waals surface area contributed by atoms with Crippen molar-refractivity contribution in [2.24, 2.45) is 0 Å². The number of rotatable bonds is 3. The second-order valence-electron chi connectivity index (χ2n) is 4.40. The monoisotopic (exact) mass is 305 g/mol. The first-order chi connectivity index (χ1) is 9.90. The molecule has 2 rings (SSSR count). The maximum Gasteiger partial charge on any atom is 0.292 e. The molecular formula is C14H12ClN3O3. The highest BCUT2D eigenvalue weighted by atomic mass is 35.5. The number of carbonyl (C=O) groups is 1. The van der Waals surface area contributed by atoms with Crippen molar-refractivity contribution in [1.82, 2.24) is 0 Å². The first-order valence-electron chi connectivity index (χ1n) is 6.00. The van der Waals surface area contributed by atoms with Crippen LogP contribution in [0.2, 0.25) is 5.02 Å². The van der Waals surface area contributed by atoms with Crippen molar-refractivity contribution in [3.63, 3.8) is 0 Å². The van der Waals surface area contributed by atoms with Crippen molar-refractivity contribution in [2.75, 3.05) is 11.1 Å². The summed E-state index contributed by atoms with van der Waals surface area (Å²) in [5.41, 5.74) is 6.82. The van der Waals surface area contributed by atoms with Crippen molar-refractivity contribution in [2.45, 2.75) is 6.92 Å². The van der Waals surface area contributed by atoms with E-state index in [-0.39, 0.29) is 16.9 Å². The van der Waals surface area contributed by atoms with Crippen molar-refractivity contribution in [3.05, 3.63) is 62.7 Å². The van der Waals surface area contributed by atoms with Crippen LogP contribution in [0, 0.1) is 17.0 Å². The number of nitro benzene ring substituents is 1. The van der Waals surface area contributed by atoms with E-state index in [1.54, 1.807) is 25.1 Å². The standard InChI is InChI=1S/C14H12ClN3O3/c1-8-10(15)3-2-4-12(8)17-14(19)9-5-6-13(18(20)21)11(16)7-9/h2-7H,16H2,1H3,(H,17,19). The van der Waals surface area contributed by atoms with Gasteiger partial charge >= 0.3 is 0 Å². The van der Waals surface area contributed by atoms with Crippen LogP contribution < -0.4 is 11.1 Å². The number of halogens is 1. The van der Waals surface area contributed by atoms with Crippen LogP contribution in [-0.2, 0) is 0 Å². The van der Waals surface area contributed by atoms with Crippen LogP contribution in [0.5, 0.6) is 0 Å². The molecule has 3 N–H and O–H groups in total. The van der Waals surface area contributed by atoms with Crippen LogP contribution >= 0.6 is 11.6 Å². The number of nitrogen functional groups attached to an aromatic ring is 1. The van der Waals surface area contributed by atoms with Crippen molar-refractivity contribution in [1.29, 1.82) is 0 Å². The fraction of sp³-hybridized carbons (Fsp3) is 0.0714. The normalized spacial score (nSPS) is 10.2. The lowest BCUT2D eigenvalue weighted by Gasteiger charge is -2.09. The number of hydrogen-bond acceptors (Lipinski definition) is 4. The van der Waals surface area contributed by atoms with E-state index in [0.29, 0.717) is 10.7 Å². The smallest absolute Gasteiger partial charge is 0.292 e. The van der Waals surface area contributed by atoms with Crippen molar-refractivity contribution < 1.29 is 9.72 Å². The summed E-state index contributed by atoms with van der Waals surface area (Å²) in [7, 11) is 0. The maximum atomic E-state index is 12.1. The highest BCUT2D eigenvalue weighted by molar-refractivity contribution is 6.31. The van der Waals surface area contributed by atoms with E-state index < -0.39 is 10.8 Å². The summed E-state index contributed by atoms with van der Waals surface area (Å²) < 4.78 is 0. The number of carbonyl (C=O) groups excluding carboxylic acids is 1. The molecule has 0 aliphatic rings. The van der Waals surface area contributed by atoms with Gasteiger partial charge in [-0.2, -0.15) is 0 Å². The summed E-state index contributed by atoms with van der Waals surface area (Å²) in [6.45, 7) is 1.78. The summed E-state index contributed by atoms with van der Waals surface area (Å²) in [6, 6.07) is 8.98. The minimum Gasteiger partial charge on any atom is -0.393 e. The van der Waals surface area contributed by atoms with Crippen LogP contribution in [0.1, 0.15) is 15.9 Å². The van der Waals surface area contributed by atoms with E-state index in [0.717, 1.165) is 5.56 Å². The summed E-state index contributed by atoms with van der Waals surface area (Å²) in [4.78, 5) is 22.2. The Bertz CT molecular complexity index is 731. The number of nitrogens with two attached hydrogens (primary N) is 1. The average Bonchev–Trinajstić information content (AvgIpc) is 2.43. The molecule has 1 amide bonds. The molecule has 0 atom stereocenters. The fourth-order valence-electron chi connectivity index (χ4n) is 1.80. The lowest BCUT2D eigenvalue weighted by atomic mass is 10.1. The molecule has 0 radical (unpaired) electrons. The summed E-state index contributed by atoms with van der Waals surface area (Å²) in [5, 5.41) is 13.9. The SMILES string of the molecule is Cc1c(Cl)cccc1NC(=O)c1ccc([N+](=O)[O-])c(N)c1. The molecule has 2 aromatic rings. The van der Waals surface area contributed by atoms with E-state index in [1.165, 1.54) is 18.2 Å². The van der Waals surface area contributed by atoms with Crippen LogP contribution in [0.4, 0.5) is 17.1 Å². The Morgan fingerprint density at radius 3 is 2.67 bits per heavy atom. The minimum atomic E-state index is -0.599. The molecule has 0 aromatic heterocycles. The van der Waals surface area contributed by atoms with E-state index in [4.69, 9.17) is 17.3 Å². The Morgan fingerprint density at radius 2 is 2.05 bits per heavy atom. The highest BCUT2D eigenvalue weighted by Gasteiger charge is 2.15. The zero-order valence-electron chi connectivity index (χ0n) is 11.1. The highest BCUT2D eigenvalue weighted by Crippen LogP contribution is 2.25. The van der Waals surface area contributed by atoms with Gasteiger partial charge in [0.15, 0.2) is 0 Å². The van der Waals surface area contributed by atoms with E-state index >= 15 is 0 Å². The van der Waals surface area contributed by atoms with Crippen LogP contribution in [0.15, 0.2) is 36.4 Å². The van der Waals surface area contributed by atoms with Crippen LogP contribution in [0.25, 0.3) is 0 Å². The zero-order valence-corrected chi connectivity index (χ0v) is 11.8. The Labute approximate surface area is 125 Å². The van der Waals surface area contributed by atoms with E-state index in [9.17, 15) is 14.9 Å². The van der Waals surface area contributed by atoms with Crippen LogP contribution in [-0.4, -0.2) is 10.8 Å². The van der Waals surface area contributed by atoms with Gasteiger partial charge in [-0.3, -0.25) is 14.9 Å². The van der Waals surface area contributed by atoms with Crippen molar-refractivity contribution in [3.8, 4) is 0 Å². The first kappa shape index (κ1) is 14.8. The van der Waals surface area contributed by atoms with Gasteiger partial charge in [0, 0.05) is 22.3 Å². The molecule has 6 nitrogen and oxygen atoms in total.